The van der Waals surface area contributed by atoms with E-state index in [1.807, 2.05) is 28.9 Å². The first-order valence-corrected chi connectivity index (χ1v) is 9.25. The Morgan fingerprint density at radius 2 is 1.85 bits per heavy atom. The molecule has 0 spiro atoms. The number of aryl methyl sites for hydroxylation is 1. The van der Waals surface area contributed by atoms with Crippen LogP contribution in [-0.2, 0) is 4.79 Å². The van der Waals surface area contributed by atoms with E-state index in [-0.39, 0.29) is 17.7 Å². The molecule has 0 saturated heterocycles. The van der Waals surface area contributed by atoms with E-state index in [4.69, 9.17) is 0 Å². The Morgan fingerprint density at radius 1 is 1.04 bits per heavy atom. The van der Waals surface area contributed by atoms with Crippen molar-refractivity contribution in [2.24, 2.45) is 0 Å². The van der Waals surface area contributed by atoms with Gasteiger partial charge in [0.2, 0.25) is 5.95 Å². The van der Waals surface area contributed by atoms with Crippen LogP contribution in [0.5, 0.6) is 0 Å². The summed E-state index contributed by atoms with van der Waals surface area (Å²) in [6.45, 7) is 2.07. The van der Waals surface area contributed by atoms with Crippen LogP contribution in [0.2, 0.25) is 0 Å². The maximum atomic E-state index is 13.3. The zero-order valence-corrected chi connectivity index (χ0v) is 15.1. The number of benzene rings is 2. The predicted octanol–water partition coefficient (Wildman–Crippen LogP) is 4.00. The van der Waals surface area contributed by atoms with Crippen molar-refractivity contribution in [1.82, 2.24) is 14.8 Å². The number of fused-ring (bicyclic) bond motifs is 1. The first-order chi connectivity index (χ1) is 13.2. The number of allylic oxidation sites excluding steroid dienone is 2. The van der Waals surface area contributed by atoms with Crippen molar-refractivity contribution in [1.29, 1.82) is 0 Å². The summed E-state index contributed by atoms with van der Waals surface area (Å²) in [7, 11) is 0. The van der Waals surface area contributed by atoms with Crippen LogP contribution in [0.3, 0.4) is 0 Å². The minimum Gasteiger partial charge on any atom is -0.328 e. The van der Waals surface area contributed by atoms with E-state index in [1.54, 1.807) is 6.33 Å². The number of hydrogen-bond acceptors (Lipinski definition) is 4. The molecular formula is C22H20N4O. The van der Waals surface area contributed by atoms with Gasteiger partial charge in [-0.15, -0.1) is 0 Å². The summed E-state index contributed by atoms with van der Waals surface area (Å²) in [5.74, 6) is 1.07. The maximum absolute atomic E-state index is 13.3. The molecular weight excluding hydrogens is 336 g/mol. The number of hydrogen-bond donors (Lipinski definition) is 1. The fourth-order valence-corrected chi connectivity index (χ4v) is 4.26. The van der Waals surface area contributed by atoms with Crippen molar-refractivity contribution in [3.8, 4) is 0 Å². The minimum atomic E-state index is -0.220. The quantitative estimate of drug-likeness (QED) is 0.754. The van der Waals surface area contributed by atoms with Gasteiger partial charge in [0.15, 0.2) is 5.78 Å². The number of rotatable bonds is 2. The minimum absolute atomic E-state index is 0.185. The van der Waals surface area contributed by atoms with E-state index in [0.29, 0.717) is 12.4 Å². The fourth-order valence-electron chi connectivity index (χ4n) is 4.26. The Bertz CT molecular complexity index is 1050. The molecule has 0 radical (unpaired) electrons. The molecule has 2 heterocycles. The molecule has 0 amide bonds. The summed E-state index contributed by atoms with van der Waals surface area (Å²) < 4.78 is 1.83. The van der Waals surface area contributed by atoms with Crippen molar-refractivity contribution in [2.75, 3.05) is 5.32 Å². The average molecular weight is 356 g/mol. The van der Waals surface area contributed by atoms with Crippen molar-refractivity contribution < 1.29 is 4.79 Å². The lowest BCUT2D eigenvalue weighted by Gasteiger charge is -2.35. The summed E-state index contributed by atoms with van der Waals surface area (Å²) in [6.07, 6.45) is 2.87. The molecule has 2 aliphatic rings. The number of carbonyl (C=O) groups excluding carboxylic acids is 1. The Labute approximate surface area is 157 Å². The van der Waals surface area contributed by atoms with Crippen LogP contribution in [0.25, 0.3) is 0 Å². The first kappa shape index (κ1) is 16.0. The largest absolute Gasteiger partial charge is 0.328 e. The Hall–Kier alpha value is -3.21. The zero-order valence-electron chi connectivity index (χ0n) is 15.1. The number of anilines is 1. The van der Waals surface area contributed by atoms with Crippen LogP contribution in [0.4, 0.5) is 5.95 Å². The van der Waals surface area contributed by atoms with Crippen LogP contribution in [0.15, 0.2) is 72.2 Å². The molecule has 1 aliphatic heterocycles. The zero-order chi connectivity index (χ0) is 18.4. The summed E-state index contributed by atoms with van der Waals surface area (Å²) in [5, 5.41) is 7.78. The maximum Gasteiger partial charge on any atom is 0.226 e. The first-order valence-electron chi connectivity index (χ1n) is 9.25. The summed E-state index contributed by atoms with van der Waals surface area (Å²) in [6, 6.07) is 18.4. The molecule has 2 atom stereocenters. The van der Waals surface area contributed by atoms with Gasteiger partial charge >= 0.3 is 0 Å². The van der Waals surface area contributed by atoms with Crippen LogP contribution in [0, 0.1) is 6.92 Å². The highest BCUT2D eigenvalue weighted by Gasteiger charge is 2.39. The van der Waals surface area contributed by atoms with Crippen LogP contribution < -0.4 is 5.32 Å². The van der Waals surface area contributed by atoms with E-state index in [2.05, 4.69) is 52.7 Å². The van der Waals surface area contributed by atoms with Gasteiger partial charge in [-0.05, 0) is 30.4 Å². The van der Waals surface area contributed by atoms with Crippen LogP contribution in [-0.4, -0.2) is 20.5 Å². The number of ketones is 1. The molecule has 5 heteroatoms. The number of aromatic nitrogens is 3. The van der Waals surface area contributed by atoms with E-state index in [0.717, 1.165) is 23.3 Å². The molecule has 0 bridgehead atoms. The number of Topliss-reactive ketones (excluding diaryl/α,β-unsaturated/α-hetero) is 1. The summed E-state index contributed by atoms with van der Waals surface area (Å²) >= 11 is 0. The third kappa shape index (κ3) is 2.67. The highest BCUT2D eigenvalue weighted by molar-refractivity contribution is 6.00. The van der Waals surface area contributed by atoms with E-state index >= 15 is 0 Å². The molecule has 1 aliphatic carbocycles. The third-order valence-electron chi connectivity index (χ3n) is 5.49. The topological polar surface area (TPSA) is 59.8 Å². The molecule has 27 heavy (non-hydrogen) atoms. The predicted molar refractivity (Wildman–Crippen MR) is 103 cm³/mol. The lowest BCUT2D eigenvalue weighted by atomic mass is 9.78. The SMILES string of the molecule is Cc1cccc([C@@H]2C3=C(C[C@@H](c4ccccc4)CC3=O)Nc3ncnn32)c1. The van der Waals surface area contributed by atoms with Gasteiger partial charge < -0.3 is 5.32 Å². The van der Waals surface area contributed by atoms with E-state index < -0.39 is 0 Å². The smallest absolute Gasteiger partial charge is 0.226 e. The van der Waals surface area contributed by atoms with Gasteiger partial charge in [0.25, 0.3) is 0 Å². The second-order valence-electron chi connectivity index (χ2n) is 7.30. The molecule has 0 unspecified atom stereocenters. The van der Waals surface area contributed by atoms with Gasteiger partial charge in [-0.2, -0.15) is 10.1 Å². The second-order valence-corrected chi connectivity index (χ2v) is 7.30. The van der Waals surface area contributed by atoms with Crippen molar-refractivity contribution in [3.05, 3.63) is 88.9 Å². The second kappa shape index (κ2) is 6.20. The van der Waals surface area contributed by atoms with E-state index in [9.17, 15) is 4.79 Å². The highest BCUT2D eigenvalue weighted by atomic mass is 16.1. The summed E-state index contributed by atoms with van der Waals surface area (Å²) in [5.41, 5.74) is 5.25. The van der Waals surface area contributed by atoms with Crippen molar-refractivity contribution in [3.63, 3.8) is 0 Å². The highest BCUT2D eigenvalue weighted by Crippen LogP contribution is 2.43. The van der Waals surface area contributed by atoms with Crippen LogP contribution in [0.1, 0.15) is 41.5 Å². The Kier molecular flexibility index (Phi) is 3.67. The van der Waals surface area contributed by atoms with Gasteiger partial charge in [-0.3, -0.25) is 4.79 Å². The monoisotopic (exact) mass is 356 g/mol. The van der Waals surface area contributed by atoms with Gasteiger partial charge in [0.05, 0.1) is 0 Å². The molecule has 0 fully saturated rings. The van der Waals surface area contributed by atoms with Gasteiger partial charge in [0.1, 0.15) is 12.4 Å². The lowest BCUT2D eigenvalue weighted by Crippen LogP contribution is -2.33. The number of nitrogens with one attached hydrogen (secondary N) is 1. The van der Waals surface area contributed by atoms with Gasteiger partial charge in [-0.1, -0.05) is 60.2 Å². The Morgan fingerprint density at radius 3 is 2.67 bits per heavy atom. The molecule has 2 aromatic carbocycles. The molecule has 5 nitrogen and oxygen atoms in total. The molecule has 0 saturated carbocycles. The number of carbonyl (C=O) groups is 1. The molecule has 5 rings (SSSR count). The summed E-state index contributed by atoms with van der Waals surface area (Å²) in [4.78, 5) is 17.6. The van der Waals surface area contributed by atoms with Crippen LogP contribution >= 0.6 is 0 Å². The standard InChI is InChI=1S/C22H20N4O/c1-14-6-5-9-16(10-14)21-20-18(25-22-23-13-24-26(21)22)11-17(12-19(20)27)15-7-3-2-4-8-15/h2-10,13,17,21H,11-12H2,1H3,(H,23,24,25)/t17-,21-/m1/s1. The third-order valence-corrected chi connectivity index (χ3v) is 5.49. The fraction of sp³-hybridized carbons (Fsp3) is 0.227. The van der Waals surface area contributed by atoms with Crippen molar-refractivity contribution >= 4 is 11.7 Å². The van der Waals surface area contributed by atoms with Crippen molar-refractivity contribution in [2.45, 2.75) is 31.7 Å². The average Bonchev–Trinajstić information content (AvgIpc) is 3.15. The lowest BCUT2D eigenvalue weighted by molar-refractivity contribution is -0.116. The molecule has 1 aromatic heterocycles. The normalized spacial score (nSPS) is 21.4. The molecule has 3 aromatic rings. The molecule has 1 N–H and O–H groups in total. The number of nitrogens with zero attached hydrogens (tertiary/aromatic N) is 3. The Balaban J connectivity index is 1.62. The molecule has 134 valence electrons. The van der Waals surface area contributed by atoms with Gasteiger partial charge in [0, 0.05) is 17.7 Å². The van der Waals surface area contributed by atoms with E-state index in [1.165, 1.54) is 11.1 Å². The van der Waals surface area contributed by atoms with Gasteiger partial charge in [-0.25, -0.2) is 4.68 Å².